The van der Waals surface area contributed by atoms with Crippen LogP contribution in [-0.2, 0) is 4.74 Å². The van der Waals surface area contributed by atoms with Gasteiger partial charge in [0.05, 0.1) is 12.2 Å². The highest BCUT2D eigenvalue weighted by atomic mass is 16.6. The molecule has 1 rings (SSSR count). The number of hydrogen-bond donors (Lipinski definition) is 2. The molecule has 5 heteroatoms. The van der Waals surface area contributed by atoms with Gasteiger partial charge in [0.15, 0.2) is 0 Å². The number of aliphatic hydroxyl groups is 2. The summed E-state index contributed by atoms with van der Waals surface area (Å²) in [6.45, 7) is 8.40. The molecule has 0 aliphatic carbocycles. The van der Waals surface area contributed by atoms with E-state index in [9.17, 15) is 15.0 Å². The first-order valence-corrected chi connectivity index (χ1v) is 7.58. The summed E-state index contributed by atoms with van der Waals surface area (Å²) in [4.78, 5) is 13.6. The van der Waals surface area contributed by atoms with Gasteiger partial charge in [-0.05, 0) is 33.6 Å². The normalized spacial score (nSPS) is 25.4. The lowest BCUT2D eigenvalue weighted by molar-refractivity contribution is -0.0483. The van der Waals surface area contributed by atoms with Gasteiger partial charge in [0.25, 0.3) is 0 Å². The minimum atomic E-state index is -0.560. The molecule has 20 heavy (non-hydrogen) atoms. The predicted octanol–water partition coefficient (Wildman–Crippen LogP) is 2.16. The zero-order chi connectivity index (χ0) is 15.3. The van der Waals surface area contributed by atoms with E-state index in [1.54, 1.807) is 4.90 Å². The van der Waals surface area contributed by atoms with Gasteiger partial charge in [-0.2, -0.15) is 0 Å². The van der Waals surface area contributed by atoms with Crippen LogP contribution in [0.15, 0.2) is 0 Å². The number of aliphatic hydroxyl groups excluding tert-OH is 2. The zero-order valence-corrected chi connectivity index (χ0v) is 13.1. The monoisotopic (exact) mass is 287 g/mol. The maximum Gasteiger partial charge on any atom is 0.410 e. The van der Waals surface area contributed by atoms with Gasteiger partial charge in [0, 0.05) is 19.0 Å². The van der Waals surface area contributed by atoms with Gasteiger partial charge in [-0.3, -0.25) is 0 Å². The second kappa shape index (κ2) is 7.27. The molecule has 5 nitrogen and oxygen atoms in total. The van der Waals surface area contributed by atoms with Crippen molar-refractivity contribution in [2.75, 3.05) is 13.1 Å². The Morgan fingerprint density at radius 2 is 2.10 bits per heavy atom. The number of hydrogen-bond acceptors (Lipinski definition) is 4. The first kappa shape index (κ1) is 17.2. The Hall–Kier alpha value is -0.810. The number of carbonyl (C=O) groups is 1. The van der Waals surface area contributed by atoms with Gasteiger partial charge in [0.2, 0.25) is 0 Å². The zero-order valence-electron chi connectivity index (χ0n) is 13.1. The Kier molecular flexibility index (Phi) is 6.27. The smallest absolute Gasteiger partial charge is 0.410 e. The fraction of sp³-hybridized carbons (Fsp3) is 0.933. The van der Waals surface area contributed by atoms with Crippen LogP contribution in [-0.4, -0.2) is 52.1 Å². The number of likely N-dealkylation sites (tertiary alicyclic amines) is 1. The van der Waals surface area contributed by atoms with Crippen LogP contribution in [0.1, 0.15) is 53.4 Å². The second-order valence-electron chi connectivity index (χ2n) is 6.66. The summed E-state index contributed by atoms with van der Waals surface area (Å²) in [5.41, 5.74) is -0.524. The predicted molar refractivity (Wildman–Crippen MR) is 77.5 cm³/mol. The quantitative estimate of drug-likeness (QED) is 0.831. The fourth-order valence-corrected chi connectivity index (χ4v) is 2.47. The molecule has 1 amide bonds. The van der Waals surface area contributed by atoms with E-state index in [0.717, 1.165) is 12.8 Å². The molecule has 1 aliphatic rings. The number of unbranched alkanes of at least 4 members (excludes halogenated alkanes) is 1. The van der Waals surface area contributed by atoms with Crippen molar-refractivity contribution >= 4 is 6.09 Å². The molecule has 0 aromatic carbocycles. The molecule has 1 heterocycles. The van der Waals surface area contributed by atoms with Crippen molar-refractivity contribution < 1.29 is 19.7 Å². The summed E-state index contributed by atoms with van der Waals surface area (Å²) in [6.07, 6.45) is 1.63. The lowest BCUT2D eigenvalue weighted by atomic mass is 9.87. The van der Waals surface area contributed by atoms with Crippen LogP contribution in [0.4, 0.5) is 4.79 Å². The molecule has 0 aromatic heterocycles. The van der Waals surface area contributed by atoms with Gasteiger partial charge in [-0.1, -0.05) is 19.8 Å². The summed E-state index contributed by atoms with van der Waals surface area (Å²) in [5.74, 6) is -0.275. The van der Waals surface area contributed by atoms with Gasteiger partial charge >= 0.3 is 6.09 Å². The highest BCUT2D eigenvalue weighted by Gasteiger charge is 2.36. The van der Waals surface area contributed by atoms with Crippen molar-refractivity contribution in [3.05, 3.63) is 0 Å². The van der Waals surface area contributed by atoms with Gasteiger partial charge in [-0.15, -0.1) is 0 Å². The lowest BCUT2D eigenvalue weighted by Gasteiger charge is -2.38. The van der Waals surface area contributed by atoms with Gasteiger partial charge in [-0.25, -0.2) is 4.79 Å². The van der Waals surface area contributed by atoms with Crippen molar-refractivity contribution in [1.29, 1.82) is 0 Å². The molecule has 0 aromatic rings. The summed E-state index contributed by atoms with van der Waals surface area (Å²) in [5, 5.41) is 20.2. The maximum absolute atomic E-state index is 12.0. The molecule has 2 N–H and O–H groups in total. The van der Waals surface area contributed by atoms with Crippen molar-refractivity contribution in [2.24, 2.45) is 5.92 Å². The van der Waals surface area contributed by atoms with Crippen LogP contribution in [0.5, 0.6) is 0 Å². The Morgan fingerprint density at radius 3 is 2.65 bits per heavy atom. The van der Waals surface area contributed by atoms with Crippen molar-refractivity contribution in [3.63, 3.8) is 0 Å². The summed E-state index contributed by atoms with van der Waals surface area (Å²) in [6, 6.07) is 0. The maximum atomic E-state index is 12.0. The standard InChI is InChI=1S/C15H29NO4/c1-5-6-7-12(17)11-10-16(9-8-13(11)18)14(19)20-15(2,3)4/h11-13,17-18H,5-10H2,1-4H3. The number of ether oxygens (including phenoxy) is 1. The average Bonchev–Trinajstić information content (AvgIpc) is 2.34. The lowest BCUT2D eigenvalue weighted by Crippen LogP contribution is -2.51. The Morgan fingerprint density at radius 1 is 1.45 bits per heavy atom. The average molecular weight is 287 g/mol. The highest BCUT2D eigenvalue weighted by Crippen LogP contribution is 2.24. The van der Waals surface area contributed by atoms with Crippen LogP contribution in [0.3, 0.4) is 0 Å². The summed E-state index contributed by atoms with van der Waals surface area (Å²) < 4.78 is 5.35. The Labute approximate surface area is 121 Å². The van der Waals surface area contributed by atoms with Crippen LogP contribution in [0, 0.1) is 5.92 Å². The molecule has 0 bridgehead atoms. The number of nitrogens with zero attached hydrogens (tertiary/aromatic N) is 1. The molecule has 3 unspecified atom stereocenters. The SMILES string of the molecule is CCCCC(O)C1CN(C(=O)OC(C)(C)C)CCC1O. The molecule has 0 saturated carbocycles. The van der Waals surface area contributed by atoms with E-state index >= 15 is 0 Å². The van der Waals surface area contributed by atoms with E-state index in [1.807, 2.05) is 20.8 Å². The molecule has 0 spiro atoms. The van der Waals surface area contributed by atoms with Gasteiger partial charge < -0.3 is 19.8 Å². The fourth-order valence-electron chi connectivity index (χ4n) is 2.47. The minimum Gasteiger partial charge on any atom is -0.444 e. The van der Waals surface area contributed by atoms with E-state index < -0.39 is 17.8 Å². The summed E-state index contributed by atoms with van der Waals surface area (Å²) in [7, 11) is 0. The van der Waals surface area contributed by atoms with E-state index in [1.165, 1.54) is 0 Å². The number of rotatable bonds is 4. The Balaban J connectivity index is 2.58. The van der Waals surface area contributed by atoms with E-state index in [0.29, 0.717) is 25.9 Å². The van der Waals surface area contributed by atoms with Crippen molar-refractivity contribution in [3.8, 4) is 0 Å². The largest absolute Gasteiger partial charge is 0.444 e. The molecule has 1 fully saturated rings. The number of piperidine rings is 1. The molecule has 118 valence electrons. The molecular weight excluding hydrogens is 258 g/mol. The topological polar surface area (TPSA) is 70.0 Å². The van der Waals surface area contributed by atoms with Crippen LogP contribution in [0.25, 0.3) is 0 Å². The Bertz CT molecular complexity index is 313. The number of carbonyl (C=O) groups excluding carboxylic acids is 1. The molecular formula is C15H29NO4. The third-order valence-corrected chi connectivity index (χ3v) is 3.62. The highest BCUT2D eigenvalue weighted by molar-refractivity contribution is 5.68. The molecule has 1 aliphatic heterocycles. The van der Waals surface area contributed by atoms with Crippen molar-refractivity contribution in [2.45, 2.75) is 71.2 Å². The molecule has 3 atom stereocenters. The van der Waals surface area contributed by atoms with E-state index in [2.05, 4.69) is 6.92 Å². The minimum absolute atomic E-state index is 0.275. The molecule has 0 radical (unpaired) electrons. The van der Waals surface area contributed by atoms with Crippen LogP contribution in [0.2, 0.25) is 0 Å². The van der Waals surface area contributed by atoms with E-state index in [-0.39, 0.29) is 12.0 Å². The third-order valence-electron chi connectivity index (χ3n) is 3.62. The van der Waals surface area contributed by atoms with Crippen LogP contribution < -0.4 is 0 Å². The summed E-state index contributed by atoms with van der Waals surface area (Å²) >= 11 is 0. The number of amides is 1. The van der Waals surface area contributed by atoms with Gasteiger partial charge in [0.1, 0.15) is 5.60 Å². The van der Waals surface area contributed by atoms with Crippen molar-refractivity contribution in [1.82, 2.24) is 4.90 Å². The van der Waals surface area contributed by atoms with Crippen LogP contribution >= 0.6 is 0 Å². The third kappa shape index (κ3) is 5.29. The first-order chi connectivity index (χ1) is 9.24. The van der Waals surface area contributed by atoms with E-state index in [4.69, 9.17) is 4.74 Å². The first-order valence-electron chi connectivity index (χ1n) is 7.58. The molecule has 1 saturated heterocycles. The second-order valence-corrected chi connectivity index (χ2v) is 6.66.